The molecule has 0 bridgehead atoms. The highest BCUT2D eigenvalue weighted by atomic mass is 35.5. The normalized spacial score (nSPS) is 21.0. The van der Waals surface area contributed by atoms with Gasteiger partial charge >= 0.3 is 6.03 Å². The van der Waals surface area contributed by atoms with Crippen LogP contribution in [0.5, 0.6) is 0 Å². The van der Waals surface area contributed by atoms with Gasteiger partial charge in [0.05, 0.1) is 17.9 Å². The van der Waals surface area contributed by atoms with E-state index in [0.29, 0.717) is 22.8 Å². The number of nitrogens with one attached hydrogen (secondary N) is 1. The van der Waals surface area contributed by atoms with Crippen molar-refractivity contribution in [1.29, 1.82) is 0 Å². The molecule has 3 heterocycles. The number of benzene rings is 1. The Hall–Kier alpha value is -2.64. The Bertz CT molecular complexity index is 1120. The van der Waals surface area contributed by atoms with Gasteiger partial charge in [0.25, 0.3) is 5.91 Å². The molecule has 1 N–H and O–H groups in total. The van der Waals surface area contributed by atoms with Gasteiger partial charge in [-0.25, -0.2) is 9.48 Å². The maximum Gasteiger partial charge on any atom is 0.325 e. The first kappa shape index (κ1) is 18.4. The predicted octanol–water partition coefficient (Wildman–Crippen LogP) is 4.18. The molecule has 2 aliphatic rings. The summed E-state index contributed by atoms with van der Waals surface area (Å²) in [5, 5.41) is 9.91. The van der Waals surface area contributed by atoms with Crippen molar-refractivity contribution in [2.75, 3.05) is 0 Å². The van der Waals surface area contributed by atoms with Crippen LogP contribution in [-0.2, 0) is 23.3 Å². The van der Waals surface area contributed by atoms with E-state index in [0.717, 1.165) is 24.1 Å². The largest absolute Gasteiger partial charge is 0.325 e. The number of halogens is 1. The SMILES string of the molecule is Cc1nn(-c2ccccc2)c(Cl)c1CN1C(=O)N[C@@]2(CCCc3sccc32)C1=O. The van der Waals surface area contributed by atoms with E-state index in [1.54, 1.807) is 16.0 Å². The minimum Gasteiger partial charge on any atom is -0.319 e. The second-order valence-electron chi connectivity index (χ2n) is 7.44. The van der Waals surface area contributed by atoms with E-state index in [-0.39, 0.29) is 18.5 Å². The molecular formula is C21H19ClN4O2S. The van der Waals surface area contributed by atoms with E-state index in [2.05, 4.69) is 10.4 Å². The molecule has 0 radical (unpaired) electrons. The average Bonchev–Trinajstić information content (AvgIpc) is 3.37. The lowest BCUT2D eigenvalue weighted by molar-refractivity contribution is -0.132. The summed E-state index contributed by atoms with van der Waals surface area (Å²) in [6.07, 6.45) is 2.44. The Labute approximate surface area is 177 Å². The van der Waals surface area contributed by atoms with E-state index >= 15 is 0 Å². The number of imide groups is 1. The van der Waals surface area contributed by atoms with Gasteiger partial charge in [0.15, 0.2) is 0 Å². The van der Waals surface area contributed by atoms with Crippen LogP contribution in [0.25, 0.3) is 5.69 Å². The number of rotatable bonds is 3. The molecule has 148 valence electrons. The number of aromatic nitrogens is 2. The number of urea groups is 1. The number of carbonyl (C=O) groups is 2. The van der Waals surface area contributed by atoms with Crippen molar-refractivity contribution in [2.24, 2.45) is 0 Å². The third-order valence-corrected chi connectivity index (χ3v) is 7.14. The van der Waals surface area contributed by atoms with Crippen LogP contribution in [0.1, 0.15) is 34.5 Å². The highest BCUT2D eigenvalue weighted by Gasteiger charge is 2.54. The molecule has 1 atom stereocenters. The van der Waals surface area contributed by atoms with Gasteiger partial charge < -0.3 is 5.32 Å². The van der Waals surface area contributed by atoms with Gasteiger partial charge in [-0.05, 0) is 49.8 Å². The molecular weight excluding hydrogens is 408 g/mol. The van der Waals surface area contributed by atoms with Gasteiger partial charge in [0.1, 0.15) is 10.7 Å². The van der Waals surface area contributed by atoms with Gasteiger partial charge in [-0.2, -0.15) is 5.10 Å². The van der Waals surface area contributed by atoms with Crippen LogP contribution in [0.2, 0.25) is 5.15 Å². The highest BCUT2D eigenvalue weighted by Crippen LogP contribution is 2.42. The first-order valence-corrected chi connectivity index (χ1v) is 10.8. The number of hydrogen-bond donors (Lipinski definition) is 1. The number of amides is 3. The van der Waals surface area contributed by atoms with Crippen molar-refractivity contribution in [3.8, 4) is 5.69 Å². The molecule has 6 nitrogen and oxygen atoms in total. The molecule has 1 spiro atoms. The topological polar surface area (TPSA) is 67.2 Å². The zero-order valence-corrected chi connectivity index (χ0v) is 17.4. The van der Waals surface area contributed by atoms with E-state index in [9.17, 15) is 9.59 Å². The molecule has 3 amide bonds. The van der Waals surface area contributed by atoms with E-state index in [1.165, 1.54) is 9.78 Å². The molecule has 5 rings (SSSR count). The van der Waals surface area contributed by atoms with Gasteiger partial charge in [0.2, 0.25) is 0 Å². The number of fused-ring (bicyclic) bond motifs is 2. The van der Waals surface area contributed by atoms with Crippen molar-refractivity contribution >= 4 is 34.9 Å². The van der Waals surface area contributed by atoms with Crippen LogP contribution >= 0.6 is 22.9 Å². The fraction of sp³-hybridized carbons (Fsp3) is 0.286. The Balaban J connectivity index is 1.49. The molecule has 0 saturated carbocycles. The van der Waals surface area contributed by atoms with Crippen LogP contribution in [0, 0.1) is 6.92 Å². The van der Waals surface area contributed by atoms with Crippen LogP contribution in [0.15, 0.2) is 41.8 Å². The quantitative estimate of drug-likeness (QED) is 0.639. The predicted molar refractivity (Wildman–Crippen MR) is 111 cm³/mol. The number of thiophene rings is 1. The van der Waals surface area contributed by atoms with E-state index in [4.69, 9.17) is 11.6 Å². The second-order valence-corrected chi connectivity index (χ2v) is 8.80. The lowest BCUT2D eigenvalue weighted by Crippen LogP contribution is -2.46. The number of nitrogens with zero attached hydrogens (tertiary/aromatic N) is 3. The number of hydrogen-bond acceptors (Lipinski definition) is 4. The molecule has 8 heteroatoms. The first-order valence-electron chi connectivity index (χ1n) is 9.51. The summed E-state index contributed by atoms with van der Waals surface area (Å²) in [7, 11) is 0. The zero-order chi connectivity index (χ0) is 20.2. The summed E-state index contributed by atoms with van der Waals surface area (Å²) in [6.45, 7) is 1.94. The minimum atomic E-state index is -0.944. The maximum absolute atomic E-state index is 13.4. The van der Waals surface area contributed by atoms with E-state index < -0.39 is 5.54 Å². The summed E-state index contributed by atoms with van der Waals surface area (Å²) >= 11 is 8.26. The number of carbonyl (C=O) groups excluding carboxylic acids is 2. The minimum absolute atomic E-state index is 0.101. The smallest absolute Gasteiger partial charge is 0.319 e. The summed E-state index contributed by atoms with van der Waals surface area (Å²) < 4.78 is 1.64. The van der Waals surface area contributed by atoms with Crippen molar-refractivity contribution in [2.45, 2.75) is 38.3 Å². The summed E-state index contributed by atoms with van der Waals surface area (Å²) in [6, 6.07) is 11.1. The van der Waals surface area contributed by atoms with Gasteiger partial charge in [0, 0.05) is 16.0 Å². The van der Waals surface area contributed by atoms with Crippen molar-refractivity contribution in [3.63, 3.8) is 0 Å². The van der Waals surface area contributed by atoms with Crippen LogP contribution in [-0.4, -0.2) is 26.6 Å². The Morgan fingerprint density at radius 1 is 1.24 bits per heavy atom. The second kappa shape index (κ2) is 6.71. The lowest BCUT2D eigenvalue weighted by atomic mass is 9.80. The lowest BCUT2D eigenvalue weighted by Gasteiger charge is -2.31. The molecule has 3 aromatic rings. The zero-order valence-electron chi connectivity index (χ0n) is 15.8. The fourth-order valence-corrected chi connectivity index (χ4v) is 5.63. The maximum atomic E-state index is 13.4. The van der Waals surface area contributed by atoms with Gasteiger partial charge in [-0.1, -0.05) is 29.8 Å². The van der Waals surface area contributed by atoms with E-state index in [1.807, 2.05) is 48.7 Å². The monoisotopic (exact) mass is 426 g/mol. The molecule has 1 aromatic carbocycles. The van der Waals surface area contributed by atoms with Crippen molar-refractivity contribution in [3.05, 3.63) is 68.6 Å². The first-order chi connectivity index (χ1) is 14.0. The molecule has 0 unspecified atom stereocenters. The molecule has 2 aromatic heterocycles. The summed E-state index contributed by atoms with van der Waals surface area (Å²) in [5.74, 6) is -0.204. The molecule has 1 fully saturated rings. The van der Waals surface area contributed by atoms with Crippen molar-refractivity contribution < 1.29 is 9.59 Å². The third kappa shape index (κ3) is 2.72. The summed E-state index contributed by atoms with van der Waals surface area (Å²) in [4.78, 5) is 28.7. The van der Waals surface area contributed by atoms with Crippen molar-refractivity contribution in [1.82, 2.24) is 20.0 Å². The number of para-hydroxylation sites is 1. The van der Waals surface area contributed by atoms with Crippen LogP contribution in [0.4, 0.5) is 4.79 Å². The average molecular weight is 427 g/mol. The molecule has 1 saturated heterocycles. The fourth-order valence-electron chi connectivity index (χ4n) is 4.29. The molecule has 29 heavy (non-hydrogen) atoms. The standard InChI is InChI=1S/C21H19ClN4O2S/c1-13-15(18(22)26(24-13)14-6-3-2-4-7-14)12-25-19(27)21(23-20(25)28)10-5-8-17-16(21)9-11-29-17/h2-4,6-7,9,11H,5,8,10,12H2,1H3,(H,23,28)/t21-/m1/s1. The highest BCUT2D eigenvalue weighted by molar-refractivity contribution is 7.10. The third-order valence-electron chi connectivity index (χ3n) is 5.78. The van der Waals surface area contributed by atoms with Gasteiger partial charge in [-0.15, -0.1) is 11.3 Å². The van der Waals surface area contributed by atoms with Gasteiger partial charge in [-0.3, -0.25) is 9.69 Å². The van der Waals surface area contributed by atoms with Crippen LogP contribution < -0.4 is 5.32 Å². The van der Waals surface area contributed by atoms with Crippen LogP contribution in [0.3, 0.4) is 0 Å². The Kier molecular flexibility index (Phi) is 4.26. The summed E-state index contributed by atoms with van der Waals surface area (Å²) in [5.41, 5.74) is 2.20. The Morgan fingerprint density at radius 3 is 2.83 bits per heavy atom. The molecule has 1 aliphatic heterocycles. The Morgan fingerprint density at radius 2 is 2.03 bits per heavy atom. The molecule has 1 aliphatic carbocycles. The number of aryl methyl sites for hydroxylation is 2.